The van der Waals surface area contributed by atoms with Gasteiger partial charge in [0.2, 0.25) is 0 Å². The first kappa shape index (κ1) is 23.1. The van der Waals surface area contributed by atoms with Crippen LogP contribution < -0.4 is 15.5 Å². The number of unbranched alkanes of at least 4 members (excludes halogenated alkanes) is 1. The number of nitrogens with one attached hydrogen (secondary N) is 2. The molecule has 2 aromatic rings. The van der Waals surface area contributed by atoms with Crippen LogP contribution in [0.1, 0.15) is 29.2 Å². The first-order chi connectivity index (χ1) is 14.9. The van der Waals surface area contributed by atoms with Crippen LogP contribution in [0.25, 0.3) is 0 Å². The zero-order chi connectivity index (χ0) is 22.3. The highest BCUT2D eigenvalue weighted by Gasteiger charge is 2.35. The molecule has 1 atom stereocenters. The molecule has 31 heavy (non-hydrogen) atoms. The highest BCUT2D eigenvalue weighted by molar-refractivity contribution is 7.87. The summed E-state index contributed by atoms with van der Waals surface area (Å²) in [7, 11) is -1.82. The molecule has 0 bridgehead atoms. The summed E-state index contributed by atoms with van der Waals surface area (Å²) in [5.74, 6) is 0.661. The van der Waals surface area contributed by atoms with E-state index >= 15 is 0 Å². The fourth-order valence-electron chi connectivity index (χ4n) is 3.40. The molecule has 1 aliphatic heterocycles. The Labute approximate surface area is 185 Å². The monoisotopic (exact) mass is 445 g/mol. The van der Waals surface area contributed by atoms with Crippen molar-refractivity contribution in [3.05, 3.63) is 66.2 Å². The van der Waals surface area contributed by atoms with E-state index < -0.39 is 15.4 Å². The van der Waals surface area contributed by atoms with Gasteiger partial charge in [0.1, 0.15) is 11.0 Å². The first-order valence-corrected chi connectivity index (χ1v) is 11.9. The number of benzene rings is 2. The fraction of sp³-hybridized carbons (Fsp3) is 0.391. The maximum Gasteiger partial charge on any atom is 0.296 e. The van der Waals surface area contributed by atoms with Gasteiger partial charge >= 0.3 is 0 Å². The Morgan fingerprint density at radius 1 is 1.23 bits per heavy atom. The highest BCUT2D eigenvalue weighted by Crippen LogP contribution is 2.38. The minimum absolute atomic E-state index is 0.256. The number of fused-ring (bicyclic) bond motifs is 1. The lowest BCUT2D eigenvalue weighted by molar-refractivity contribution is 0.287. The van der Waals surface area contributed by atoms with Gasteiger partial charge in [-0.05, 0) is 63.7 Å². The number of likely N-dealkylation sites (N-methyl/N-ethyl adjacent to an activating group) is 1. The topological polar surface area (TPSA) is 79.9 Å². The van der Waals surface area contributed by atoms with Crippen LogP contribution >= 0.6 is 0 Å². The molecule has 2 aromatic carbocycles. The third kappa shape index (κ3) is 6.46. The number of hydrogen-bond acceptors (Lipinski definition) is 7. The molecule has 1 unspecified atom stereocenters. The molecular formula is C23H31N3O4S. The van der Waals surface area contributed by atoms with Crippen molar-refractivity contribution in [2.45, 2.75) is 25.0 Å². The molecule has 8 heteroatoms. The molecule has 3 rings (SSSR count). The van der Waals surface area contributed by atoms with E-state index in [9.17, 15) is 8.42 Å². The minimum atomic E-state index is -3.89. The Morgan fingerprint density at radius 3 is 2.74 bits per heavy atom. The van der Waals surface area contributed by atoms with Gasteiger partial charge in [0, 0.05) is 24.3 Å². The van der Waals surface area contributed by atoms with Crippen LogP contribution in [0.2, 0.25) is 0 Å². The second-order valence-electron chi connectivity index (χ2n) is 7.77. The molecule has 0 aromatic heterocycles. The minimum Gasteiger partial charge on any atom is -0.494 e. The molecule has 7 nitrogen and oxygen atoms in total. The van der Waals surface area contributed by atoms with Crippen LogP contribution in [-0.2, 0) is 14.4 Å². The number of anilines is 2. The summed E-state index contributed by atoms with van der Waals surface area (Å²) < 4.78 is 36.6. The summed E-state index contributed by atoms with van der Waals surface area (Å²) >= 11 is 0. The predicted molar refractivity (Wildman–Crippen MR) is 125 cm³/mol. The fourth-order valence-corrected chi connectivity index (χ4v) is 4.52. The normalized spacial score (nSPS) is 15.4. The third-order valence-corrected chi connectivity index (χ3v) is 6.60. The van der Waals surface area contributed by atoms with E-state index in [1.807, 2.05) is 37.3 Å². The zero-order valence-corrected chi connectivity index (χ0v) is 19.0. The standard InChI is InChI=1S/C23H31N3O4S/c1-4-13-26(3)14-5-6-15-29-20-11-12-22-21(16-20)23(17-24-22)31(27,28)30-25-19-9-7-18(2)8-10-19/h4,7-12,16,23-25H,1,5-6,13-15,17H2,2-3H3. The Bertz CT molecular complexity index is 977. The van der Waals surface area contributed by atoms with Crippen molar-refractivity contribution in [3.63, 3.8) is 0 Å². The summed E-state index contributed by atoms with van der Waals surface area (Å²) in [6.07, 6.45) is 3.83. The van der Waals surface area contributed by atoms with Crippen LogP contribution in [0.4, 0.5) is 11.4 Å². The average molecular weight is 446 g/mol. The summed E-state index contributed by atoms with van der Waals surface area (Å²) in [5, 5.41) is 2.33. The van der Waals surface area contributed by atoms with E-state index in [1.165, 1.54) is 0 Å². The van der Waals surface area contributed by atoms with E-state index in [0.717, 1.165) is 37.2 Å². The van der Waals surface area contributed by atoms with E-state index in [1.54, 1.807) is 18.2 Å². The van der Waals surface area contributed by atoms with E-state index in [-0.39, 0.29) is 6.54 Å². The highest BCUT2D eigenvalue weighted by atomic mass is 32.2. The molecule has 0 spiro atoms. The van der Waals surface area contributed by atoms with Crippen molar-refractivity contribution >= 4 is 21.5 Å². The van der Waals surface area contributed by atoms with Crippen molar-refractivity contribution in [2.75, 3.05) is 44.1 Å². The second-order valence-corrected chi connectivity index (χ2v) is 9.49. The lowest BCUT2D eigenvalue weighted by atomic mass is 10.1. The number of ether oxygens (including phenoxy) is 1. The third-order valence-electron chi connectivity index (χ3n) is 5.17. The second kappa shape index (κ2) is 10.7. The van der Waals surface area contributed by atoms with Crippen LogP contribution in [-0.4, -0.2) is 46.6 Å². The predicted octanol–water partition coefficient (Wildman–Crippen LogP) is 4.11. The van der Waals surface area contributed by atoms with Gasteiger partial charge in [0.15, 0.2) is 0 Å². The summed E-state index contributed by atoms with van der Waals surface area (Å²) in [5.41, 5.74) is 5.65. The zero-order valence-electron chi connectivity index (χ0n) is 18.1. The molecule has 1 aliphatic rings. The SMILES string of the molecule is C=CCN(C)CCCCOc1ccc2c(c1)C(S(=O)(=O)ONc1ccc(C)cc1)CN2. The number of rotatable bonds is 12. The quantitative estimate of drug-likeness (QED) is 0.289. The van der Waals surface area contributed by atoms with Crippen molar-refractivity contribution < 1.29 is 17.4 Å². The molecule has 0 fully saturated rings. The number of hydrogen-bond donors (Lipinski definition) is 2. The average Bonchev–Trinajstić information content (AvgIpc) is 3.17. The number of nitrogens with zero attached hydrogens (tertiary/aromatic N) is 1. The lowest BCUT2D eigenvalue weighted by Crippen LogP contribution is -2.21. The Kier molecular flexibility index (Phi) is 7.95. The molecule has 0 saturated heterocycles. The van der Waals surface area contributed by atoms with Gasteiger partial charge in [0.05, 0.1) is 12.3 Å². The van der Waals surface area contributed by atoms with Gasteiger partial charge in [-0.25, -0.2) is 5.48 Å². The van der Waals surface area contributed by atoms with Gasteiger partial charge < -0.3 is 15.0 Å². The summed E-state index contributed by atoms with van der Waals surface area (Å²) in [6, 6.07) is 12.8. The molecular weight excluding hydrogens is 414 g/mol. The molecule has 1 heterocycles. The van der Waals surface area contributed by atoms with E-state index in [4.69, 9.17) is 9.02 Å². The largest absolute Gasteiger partial charge is 0.494 e. The van der Waals surface area contributed by atoms with Gasteiger partial charge in [-0.2, -0.15) is 12.7 Å². The maximum absolute atomic E-state index is 12.8. The first-order valence-electron chi connectivity index (χ1n) is 10.4. The van der Waals surface area contributed by atoms with Gasteiger partial charge in [-0.3, -0.25) is 0 Å². The summed E-state index contributed by atoms with van der Waals surface area (Å²) in [6.45, 7) is 8.39. The Balaban J connectivity index is 1.56. The smallest absolute Gasteiger partial charge is 0.296 e. The van der Waals surface area contributed by atoms with Crippen molar-refractivity contribution in [1.82, 2.24) is 4.90 Å². The Hall–Kier alpha value is -2.55. The molecule has 0 saturated carbocycles. The van der Waals surface area contributed by atoms with E-state index in [2.05, 4.69) is 29.3 Å². The molecule has 2 N–H and O–H groups in total. The van der Waals surface area contributed by atoms with Gasteiger partial charge in [-0.1, -0.05) is 23.8 Å². The molecule has 168 valence electrons. The molecule has 0 radical (unpaired) electrons. The van der Waals surface area contributed by atoms with Crippen molar-refractivity contribution in [1.29, 1.82) is 0 Å². The molecule has 0 amide bonds. The van der Waals surface area contributed by atoms with Gasteiger partial charge in [0.25, 0.3) is 10.1 Å². The van der Waals surface area contributed by atoms with Crippen molar-refractivity contribution in [2.24, 2.45) is 0 Å². The van der Waals surface area contributed by atoms with Crippen LogP contribution in [0.5, 0.6) is 5.75 Å². The van der Waals surface area contributed by atoms with Crippen LogP contribution in [0, 0.1) is 6.92 Å². The number of aryl methyl sites for hydroxylation is 1. The van der Waals surface area contributed by atoms with E-state index in [0.29, 0.717) is 23.6 Å². The van der Waals surface area contributed by atoms with Crippen LogP contribution in [0.15, 0.2) is 55.1 Å². The molecule has 0 aliphatic carbocycles. The van der Waals surface area contributed by atoms with Crippen molar-refractivity contribution in [3.8, 4) is 5.75 Å². The van der Waals surface area contributed by atoms with Crippen LogP contribution in [0.3, 0.4) is 0 Å². The van der Waals surface area contributed by atoms with Gasteiger partial charge in [-0.15, -0.1) is 6.58 Å². The Morgan fingerprint density at radius 2 is 2.00 bits per heavy atom. The maximum atomic E-state index is 12.8. The summed E-state index contributed by atoms with van der Waals surface area (Å²) in [4.78, 5) is 2.20. The lowest BCUT2D eigenvalue weighted by Gasteiger charge is -2.15.